The van der Waals surface area contributed by atoms with Crippen molar-refractivity contribution < 1.29 is 4.79 Å². The summed E-state index contributed by atoms with van der Waals surface area (Å²) in [5.41, 5.74) is 0. The van der Waals surface area contributed by atoms with E-state index in [-0.39, 0.29) is 29.7 Å². The second-order valence-corrected chi connectivity index (χ2v) is 4.33. The van der Waals surface area contributed by atoms with Crippen LogP contribution >= 0.6 is 34.8 Å². The van der Waals surface area contributed by atoms with Crippen molar-refractivity contribution in [2.45, 2.75) is 23.6 Å². The zero-order valence-corrected chi connectivity index (χ0v) is 10.6. The van der Waals surface area contributed by atoms with Crippen LogP contribution in [0, 0.1) is 0 Å². The van der Waals surface area contributed by atoms with Gasteiger partial charge >= 0.3 is 0 Å². The number of hydrogen-bond donors (Lipinski definition) is 0. The van der Waals surface area contributed by atoms with Crippen molar-refractivity contribution in [3.63, 3.8) is 0 Å². The molecule has 0 aromatic heterocycles. The van der Waals surface area contributed by atoms with Crippen molar-refractivity contribution in [2.24, 2.45) is 0 Å². The monoisotopic (exact) mass is 308 g/mol. The Labute approximate surface area is 92.3 Å². The van der Waals surface area contributed by atoms with Crippen molar-refractivity contribution in [3.05, 3.63) is 0 Å². The van der Waals surface area contributed by atoms with E-state index in [2.05, 4.69) is 0 Å². The number of alkyl halides is 3. The summed E-state index contributed by atoms with van der Waals surface area (Å²) in [4.78, 5) is 10.3. The number of carbonyl (C=O) groups excluding carboxylic acids is 1. The number of ketones is 1. The molecule has 0 bridgehead atoms. The van der Waals surface area contributed by atoms with Crippen LogP contribution in [0.15, 0.2) is 0 Å². The molecule has 0 N–H and O–H groups in total. The molecule has 0 rings (SSSR count). The summed E-state index contributed by atoms with van der Waals surface area (Å²) in [6.07, 6.45) is 0.628. The first kappa shape index (κ1) is 13.9. The SMILES string of the molecule is CC(=O)CCC(Cl)(Cl)Cl.[Sn]. The third-order valence-corrected chi connectivity index (χ3v) is 1.33. The average Bonchev–Trinajstić information content (AvgIpc) is 1.59. The molecule has 0 atom stereocenters. The van der Waals surface area contributed by atoms with Gasteiger partial charge in [0.2, 0.25) is 0 Å². The third kappa shape index (κ3) is 12.1. The first-order chi connectivity index (χ1) is 3.92. The van der Waals surface area contributed by atoms with E-state index in [0.29, 0.717) is 12.8 Å². The van der Waals surface area contributed by atoms with Gasteiger partial charge in [-0.15, -0.1) is 0 Å². The van der Waals surface area contributed by atoms with Gasteiger partial charge in [-0.2, -0.15) is 0 Å². The molecule has 0 fully saturated rings. The summed E-state index contributed by atoms with van der Waals surface area (Å²) in [5.74, 6) is 0.0429. The maximum Gasteiger partial charge on any atom is 0.191 e. The van der Waals surface area contributed by atoms with E-state index < -0.39 is 3.79 Å². The van der Waals surface area contributed by atoms with Crippen LogP contribution in [0.1, 0.15) is 19.8 Å². The summed E-state index contributed by atoms with van der Waals surface area (Å²) in [6.45, 7) is 1.47. The Kier molecular flexibility index (Phi) is 8.23. The van der Waals surface area contributed by atoms with Crippen molar-refractivity contribution >= 4 is 64.5 Å². The zero-order chi connectivity index (χ0) is 7.49. The number of rotatable bonds is 2. The largest absolute Gasteiger partial charge is 0.300 e. The first-order valence-electron chi connectivity index (χ1n) is 2.48. The summed E-state index contributed by atoms with van der Waals surface area (Å²) >= 11 is 16.1. The van der Waals surface area contributed by atoms with Gasteiger partial charge in [-0.3, -0.25) is 0 Å². The summed E-state index contributed by atoms with van der Waals surface area (Å²) in [7, 11) is 0. The van der Waals surface area contributed by atoms with Gasteiger partial charge < -0.3 is 4.79 Å². The maximum absolute atomic E-state index is 10.3. The fraction of sp³-hybridized carbons (Fsp3) is 0.800. The van der Waals surface area contributed by atoms with Crippen molar-refractivity contribution in [1.82, 2.24) is 0 Å². The Hall–Kier alpha value is 1.34. The van der Waals surface area contributed by atoms with Crippen molar-refractivity contribution in [1.29, 1.82) is 0 Å². The summed E-state index contributed by atoms with van der Waals surface area (Å²) in [5, 5.41) is 0. The van der Waals surface area contributed by atoms with Crippen LogP contribution in [0.3, 0.4) is 0 Å². The van der Waals surface area contributed by atoms with E-state index >= 15 is 0 Å². The topological polar surface area (TPSA) is 17.1 Å². The molecule has 0 heterocycles. The quantitative estimate of drug-likeness (QED) is 0.565. The molecule has 0 aliphatic carbocycles. The fourth-order valence-corrected chi connectivity index (χ4v) is 0.601. The van der Waals surface area contributed by atoms with Crippen LogP contribution in [0.2, 0.25) is 0 Å². The average molecular weight is 308 g/mol. The molecule has 10 heavy (non-hydrogen) atoms. The Morgan fingerprint density at radius 3 is 1.90 bits per heavy atom. The molecular weight excluding hydrogens is 301 g/mol. The van der Waals surface area contributed by atoms with Crippen LogP contribution in [0.4, 0.5) is 0 Å². The summed E-state index contributed by atoms with van der Waals surface area (Å²) in [6, 6.07) is 0. The number of Topliss-reactive ketones (excluding diaryl/α,β-unsaturated/α-hetero) is 1. The molecule has 0 aromatic carbocycles. The Morgan fingerprint density at radius 1 is 1.40 bits per heavy atom. The zero-order valence-electron chi connectivity index (χ0n) is 5.46. The third-order valence-electron chi connectivity index (χ3n) is 0.761. The minimum atomic E-state index is -1.27. The van der Waals surface area contributed by atoms with E-state index in [1.807, 2.05) is 0 Å². The van der Waals surface area contributed by atoms with E-state index in [1.54, 1.807) is 0 Å². The molecule has 58 valence electrons. The Morgan fingerprint density at radius 2 is 1.80 bits per heavy atom. The standard InChI is InChI=1S/C5H7Cl3O.Sn/c1-4(9)2-3-5(6,7)8;/h2-3H2,1H3;. The van der Waals surface area contributed by atoms with Gasteiger partial charge in [-0.1, -0.05) is 34.8 Å². The van der Waals surface area contributed by atoms with Gasteiger partial charge in [0.05, 0.1) is 0 Å². The minimum absolute atomic E-state index is 0. The molecule has 0 spiro atoms. The van der Waals surface area contributed by atoms with Gasteiger partial charge in [-0.05, 0) is 6.92 Å². The second-order valence-electron chi connectivity index (χ2n) is 1.82. The molecule has 0 aliphatic heterocycles. The Bertz CT molecular complexity index is 110. The van der Waals surface area contributed by atoms with E-state index in [0.717, 1.165) is 0 Å². The van der Waals surface area contributed by atoms with Crippen LogP contribution in [-0.4, -0.2) is 33.5 Å². The normalized spacial score (nSPS) is 10.4. The number of halogens is 3. The minimum Gasteiger partial charge on any atom is -0.300 e. The van der Waals surface area contributed by atoms with Gasteiger partial charge in [0.15, 0.2) is 3.79 Å². The predicted molar refractivity (Wildman–Crippen MR) is 46.0 cm³/mol. The molecule has 4 radical (unpaired) electrons. The van der Waals surface area contributed by atoms with Gasteiger partial charge in [0, 0.05) is 36.7 Å². The van der Waals surface area contributed by atoms with Crippen LogP contribution in [0.25, 0.3) is 0 Å². The summed E-state index contributed by atoms with van der Waals surface area (Å²) < 4.78 is -1.27. The first-order valence-corrected chi connectivity index (χ1v) is 3.61. The van der Waals surface area contributed by atoms with Crippen molar-refractivity contribution in [2.75, 3.05) is 0 Å². The number of carbonyl (C=O) groups is 1. The molecule has 0 aromatic rings. The molecule has 0 aliphatic rings. The van der Waals surface area contributed by atoms with Crippen LogP contribution in [0.5, 0.6) is 0 Å². The molecule has 0 saturated carbocycles. The number of hydrogen-bond acceptors (Lipinski definition) is 1. The van der Waals surface area contributed by atoms with E-state index in [1.165, 1.54) is 6.92 Å². The van der Waals surface area contributed by atoms with Crippen LogP contribution in [-0.2, 0) is 4.79 Å². The molecule has 5 heteroatoms. The van der Waals surface area contributed by atoms with Crippen LogP contribution < -0.4 is 0 Å². The second kappa shape index (κ2) is 5.92. The molecule has 0 unspecified atom stereocenters. The molecule has 0 saturated heterocycles. The fourth-order valence-electron chi connectivity index (χ4n) is 0.318. The smallest absolute Gasteiger partial charge is 0.191 e. The van der Waals surface area contributed by atoms with Gasteiger partial charge in [0.25, 0.3) is 0 Å². The van der Waals surface area contributed by atoms with E-state index in [9.17, 15) is 4.79 Å². The Balaban J connectivity index is 0. The van der Waals surface area contributed by atoms with Gasteiger partial charge in [0.1, 0.15) is 5.78 Å². The predicted octanol–water partition coefficient (Wildman–Crippen LogP) is 2.35. The van der Waals surface area contributed by atoms with E-state index in [4.69, 9.17) is 34.8 Å². The molecule has 1 nitrogen and oxygen atoms in total. The molecular formula is C5H7Cl3OSn. The maximum atomic E-state index is 10.3. The van der Waals surface area contributed by atoms with Gasteiger partial charge in [-0.25, -0.2) is 0 Å². The van der Waals surface area contributed by atoms with Crippen molar-refractivity contribution in [3.8, 4) is 0 Å². The molecule has 0 amide bonds.